The first-order valence-electron chi connectivity index (χ1n) is 12.4. The van der Waals surface area contributed by atoms with E-state index in [-0.39, 0.29) is 11.4 Å². The number of tetrazole rings is 1. The summed E-state index contributed by atoms with van der Waals surface area (Å²) in [5.41, 5.74) is 1.04. The fraction of sp³-hybridized carbons (Fsp3) is 0.680. The van der Waals surface area contributed by atoms with Crippen molar-refractivity contribution in [1.82, 2.24) is 30.0 Å². The Morgan fingerprint density at radius 3 is 2.62 bits per heavy atom. The van der Waals surface area contributed by atoms with Gasteiger partial charge in [0.05, 0.1) is 0 Å². The summed E-state index contributed by atoms with van der Waals surface area (Å²) in [6.07, 6.45) is 7.92. The molecule has 2 fully saturated rings. The maximum absolute atomic E-state index is 13.2. The second-order valence-corrected chi connectivity index (χ2v) is 9.89. The molecule has 1 unspecified atom stereocenters. The molecule has 1 aromatic heterocycles. The molecule has 1 atom stereocenters. The van der Waals surface area contributed by atoms with Crippen molar-refractivity contribution in [2.45, 2.75) is 77.3 Å². The monoisotopic (exact) mass is 438 g/mol. The van der Waals surface area contributed by atoms with Crippen molar-refractivity contribution in [2.75, 3.05) is 26.2 Å². The molecule has 0 bridgehead atoms. The summed E-state index contributed by atoms with van der Waals surface area (Å²) in [5, 5.41) is 13.0. The second kappa shape index (κ2) is 10.6. The van der Waals surface area contributed by atoms with Crippen molar-refractivity contribution >= 4 is 5.91 Å². The molecule has 2 aliphatic heterocycles. The van der Waals surface area contributed by atoms with Crippen LogP contribution in [0.2, 0.25) is 0 Å². The van der Waals surface area contributed by atoms with Gasteiger partial charge in [-0.2, -0.15) is 0 Å². The molecule has 0 radical (unpaired) electrons. The number of aromatic nitrogens is 4. The molecule has 1 aromatic carbocycles. The Morgan fingerprint density at radius 1 is 1.09 bits per heavy atom. The van der Waals surface area contributed by atoms with Crippen LogP contribution in [0.25, 0.3) is 0 Å². The lowest BCUT2D eigenvalue weighted by molar-refractivity contribution is -0.136. The predicted molar refractivity (Wildman–Crippen MR) is 125 cm³/mol. The highest BCUT2D eigenvalue weighted by Crippen LogP contribution is 2.38. The molecule has 7 nitrogen and oxygen atoms in total. The standard InChI is InChI=1S/C25H38N6O/c1-21(2)14-19-31-24(26-27-28-31)25(30-17-6-7-18-30)15-9-16-29(20-25)23(32)13-8-12-22-10-4-3-5-11-22/h3-5,10-11,21H,6-9,12-20H2,1-2H3. The van der Waals surface area contributed by atoms with Crippen LogP contribution in [0.4, 0.5) is 0 Å². The van der Waals surface area contributed by atoms with Gasteiger partial charge >= 0.3 is 0 Å². The molecule has 1 amide bonds. The van der Waals surface area contributed by atoms with Gasteiger partial charge in [0.2, 0.25) is 5.91 Å². The van der Waals surface area contributed by atoms with Gasteiger partial charge in [-0.15, -0.1) is 5.10 Å². The van der Waals surface area contributed by atoms with E-state index in [4.69, 9.17) is 0 Å². The van der Waals surface area contributed by atoms with E-state index in [9.17, 15) is 4.79 Å². The SMILES string of the molecule is CC(C)CCn1nnnc1C1(N2CCCC2)CCCN(C(=O)CCCc2ccccc2)C1. The molecule has 7 heteroatoms. The maximum atomic E-state index is 13.2. The smallest absolute Gasteiger partial charge is 0.222 e. The summed E-state index contributed by atoms with van der Waals surface area (Å²) in [5.74, 6) is 1.83. The molecule has 2 aromatic rings. The number of hydrogen-bond acceptors (Lipinski definition) is 5. The number of carbonyl (C=O) groups excluding carboxylic acids is 1. The highest BCUT2D eigenvalue weighted by Gasteiger charge is 2.47. The quantitative estimate of drug-likeness (QED) is 0.598. The van der Waals surface area contributed by atoms with E-state index in [1.165, 1.54) is 18.4 Å². The van der Waals surface area contributed by atoms with Gasteiger partial charge in [0, 0.05) is 26.1 Å². The third-order valence-electron chi connectivity index (χ3n) is 7.10. The summed E-state index contributed by atoms with van der Waals surface area (Å²) in [6.45, 7) is 8.97. The van der Waals surface area contributed by atoms with Crippen LogP contribution in [-0.4, -0.2) is 62.1 Å². The average Bonchev–Trinajstić information content (AvgIpc) is 3.51. The predicted octanol–water partition coefficient (Wildman–Crippen LogP) is 3.66. The maximum Gasteiger partial charge on any atom is 0.222 e. The summed E-state index contributed by atoms with van der Waals surface area (Å²) in [4.78, 5) is 17.9. The van der Waals surface area contributed by atoms with Crippen LogP contribution in [0.5, 0.6) is 0 Å². The third kappa shape index (κ3) is 5.20. The zero-order valence-electron chi connectivity index (χ0n) is 19.7. The van der Waals surface area contributed by atoms with Gasteiger partial charge in [-0.05, 0) is 79.9 Å². The van der Waals surface area contributed by atoms with Crippen molar-refractivity contribution in [3.8, 4) is 0 Å². The first-order valence-corrected chi connectivity index (χ1v) is 12.4. The van der Waals surface area contributed by atoms with Crippen LogP contribution in [0, 0.1) is 5.92 Å². The Labute approximate surface area is 192 Å². The molecule has 0 spiro atoms. The van der Waals surface area contributed by atoms with Gasteiger partial charge in [-0.25, -0.2) is 4.68 Å². The van der Waals surface area contributed by atoms with Crippen LogP contribution >= 0.6 is 0 Å². The average molecular weight is 439 g/mol. The number of hydrogen-bond donors (Lipinski definition) is 0. The lowest BCUT2D eigenvalue weighted by Crippen LogP contribution is -2.58. The molecule has 2 aliphatic rings. The molecule has 3 heterocycles. The lowest BCUT2D eigenvalue weighted by atomic mass is 9.85. The minimum atomic E-state index is -0.260. The Balaban J connectivity index is 1.48. The lowest BCUT2D eigenvalue weighted by Gasteiger charge is -2.47. The van der Waals surface area contributed by atoms with Crippen LogP contribution in [0.1, 0.15) is 70.2 Å². The Kier molecular flexibility index (Phi) is 7.55. The van der Waals surface area contributed by atoms with E-state index in [1.807, 2.05) is 10.7 Å². The van der Waals surface area contributed by atoms with Crippen molar-refractivity contribution < 1.29 is 4.79 Å². The number of likely N-dealkylation sites (tertiary alicyclic amines) is 2. The molecule has 0 aliphatic carbocycles. The van der Waals surface area contributed by atoms with Gasteiger partial charge in [0.1, 0.15) is 5.54 Å². The van der Waals surface area contributed by atoms with Crippen LogP contribution in [0.15, 0.2) is 30.3 Å². The van der Waals surface area contributed by atoms with E-state index in [1.54, 1.807) is 0 Å². The largest absolute Gasteiger partial charge is 0.340 e. The minimum Gasteiger partial charge on any atom is -0.340 e. The Hall–Kier alpha value is -2.28. The number of amides is 1. The first kappa shape index (κ1) is 22.9. The molecule has 4 rings (SSSR count). The topological polar surface area (TPSA) is 67.2 Å². The van der Waals surface area contributed by atoms with Gasteiger partial charge in [-0.1, -0.05) is 44.2 Å². The molecular weight excluding hydrogens is 400 g/mol. The Morgan fingerprint density at radius 2 is 1.88 bits per heavy atom. The number of nitrogens with zero attached hydrogens (tertiary/aromatic N) is 6. The molecule has 32 heavy (non-hydrogen) atoms. The third-order valence-corrected chi connectivity index (χ3v) is 7.10. The van der Waals surface area contributed by atoms with E-state index >= 15 is 0 Å². The van der Waals surface area contributed by atoms with Crippen molar-refractivity contribution in [2.24, 2.45) is 5.92 Å². The number of aryl methyl sites for hydroxylation is 2. The molecule has 2 saturated heterocycles. The summed E-state index contributed by atoms with van der Waals surface area (Å²) >= 11 is 0. The fourth-order valence-corrected chi connectivity index (χ4v) is 5.29. The van der Waals surface area contributed by atoms with E-state index in [0.717, 1.165) is 64.1 Å². The van der Waals surface area contributed by atoms with Gasteiger partial charge in [-0.3, -0.25) is 9.69 Å². The van der Waals surface area contributed by atoms with Gasteiger partial charge in [0.25, 0.3) is 0 Å². The van der Waals surface area contributed by atoms with Crippen LogP contribution in [0.3, 0.4) is 0 Å². The van der Waals surface area contributed by atoms with Crippen molar-refractivity contribution in [1.29, 1.82) is 0 Å². The number of benzene rings is 1. The van der Waals surface area contributed by atoms with E-state index in [2.05, 4.69) is 63.4 Å². The molecular formula is C25H38N6O. The minimum absolute atomic E-state index is 0.260. The second-order valence-electron chi connectivity index (χ2n) is 9.89. The summed E-state index contributed by atoms with van der Waals surface area (Å²) in [7, 11) is 0. The normalized spacial score (nSPS) is 22.0. The summed E-state index contributed by atoms with van der Waals surface area (Å²) in [6, 6.07) is 10.4. The first-order chi connectivity index (χ1) is 15.6. The van der Waals surface area contributed by atoms with Crippen molar-refractivity contribution in [3.05, 3.63) is 41.7 Å². The van der Waals surface area contributed by atoms with Crippen LogP contribution < -0.4 is 0 Å². The van der Waals surface area contributed by atoms with E-state index < -0.39 is 0 Å². The van der Waals surface area contributed by atoms with Gasteiger partial charge in [0.15, 0.2) is 5.82 Å². The fourth-order valence-electron chi connectivity index (χ4n) is 5.29. The number of piperidine rings is 1. The Bertz CT molecular complexity index is 860. The van der Waals surface area contributed by atoms with Gasteiger partial charge < -0.3 is 4.90 Å². The van der Waals surface area contributed by atoms with E-state index in [0.29, 0.717) is 18.9 Å². The van der Waals surface area contributed by atoms with Crippen molar-refractivity contribution in [3.63, 3.8) is 0 Å². The zero-order valence-corrected chi connectivity index (χ0v) is 19.7. The number of rotatable bonds is 9. The zero-order chi connectivity index (χ0) is 22.4. The molecule has 174 valence electrons. The highest BCUT2D eigenvalue weighted by atomic mass is 16.2. The molecule has 0 N–H and O–H groups in total. The molecule has 0 saturated carbocycles. The highest BCUT2D eigenvalue weighted by molar-refractivity contribution is 5.76. The number of carbonyl (C=O) groups is 1. The summed E-state index contributed by atoms with van der Waals surface area (Å²) < 4.78 is 2.02. The van der Waals surface area contributed by atoms with Crippen LogP contribution in [-0.2, 0) is 23.3 Å².